The Labute approximate surface area is 110 Å². The molecule has 102 valence electrons. The molecule has 0 saturated heterocycles. The van der Waals surface area contributed by atoms with Crippen molar-refractivity contribution >= 4 is 18.3 Å². The van der Waals surface area contributed by atoms with Gasteiger partial charge in [0, 0.05) is 19.7 Å². The Morgan fingerprint density at radius 3 is 2.47 bits per heavy atom. The number of methoxy groups -OCH3 is 1. The average Bonchev–Trinajstić information content (AvgIpc) is 2.31. The second-order valence-electron chi connectivity index (χ2n) is 4.48. The molecule has 0 aromatic carbocycles. The zero-order valence-electron chi connectivity index (χ0n) is 10.9. The van der Waals surface area contributed by atoms with E-state index in [0.717, 1.165) is 19.4 Å². The molecule has 1 aliphatic rings. The summed E-state index contributed by atoms with van der Waals surface area (Å²) in [7, 11) is 1.57. The highest BCUT2D eigenvalue weighted by atomic mass is 35.5. The highest BCUT2D eigenvalue weighted by Crippen LogP contribution is 2.22. The van der Waals surface area contributed by atoms with E-state index in [-0.39, 0.29) is 18.3 Å². The number of nitrogens with zero attached hydrogens (tertiary/aromatic N) is 1. The minimum absolute atomic E-state index is 0. The molecular weight excluding hydrogens is 240 g/mol. The maximum atomic E-state index is 12.1. The summed E-state index contributed by atoms with van der Waals surface area (Å²) in [4.78, 5) is 14.0. The van der Waals surface area contributed by atoms with Crippen LogP contribution in [0.1, 0.15) is 39.0 Å². The first-order chi connectivity index (χ1) is 7.70. The molecule has 0 radical (unpaired) electrons. The van der Waals surface area contributed by atoms with Crippen LogP contribution < -0.4 is 5.73 Å². The topological polar surface area (TPSA) is 55.6 Å². The van der Waals surface area contributed by atoms with Crippen molar-refractivity contribution in [1.82, 2.24) is 4.90 Å². The largest absolute Gasteiger partial charge is 0.383 e. The van der Waals surface area contributed by atoms with Gasteiger partial charge in [0.2, 0.25) is 5.91 Å². The van der Waals surface area contributed by atoms with Gasteiger partial charge in [-0.25, -0.2) is 0 Å². The number of hydrogen-bond donors (Lipinski definition) is 1. The lowest BCUT2D eigenvalue weighted by molar-refractivity contribution is -0.136. The van der Waals surface area contributed by atoms with Crippen LogP contribution in [-0.2, 0) is 9.53 Å². The standard InChI is InChI=1S/C12H24N2O2.ClH/c1-3-14(10-7-5-4-6-8-10)12(15)11(13)9-16-2;/h10-11H,3-9,13H2,1-2H3;1H. The number of halogens is 1. The van der Waals surface area contributed by atoms with Crippen LogP contribution in [0.3, 0.4) is 0 Å². The minimum atomic E-state index is -0.508. The molecule has 0 aromatic rings. The Balaban J connectivity index is 0.00000256. The summed E-state index contributed by atoms with van der Waals surface area (Å²) in [5.41, 5.74) is 5.79. The van der Waals surface area contributed by atoms with Gasteiger partial charge in [-0.3, -0.25) is 4.79 Å². The van der Waals surface area contributed by atoms with E-state index in [1.807, 2.05) is 11.8 Å². The molecule has 1 fully saturated rings. The van der Waals surface area contributed by atoms with Gasteiger partial charge in [0.15, 0.2) is 0 Å². The molecule has 17 heavy (non-hydrogen) atoms. The van der Waals surface area contributed by atoms with Gasteiger partial charge in [0.25, 0.3) is 0 Å². The number of nitrogens with two attached hydrogens (primary N) is 1. The van der Waals surface area contributed by atoms with E-state index in [9.17, 15) is 4.79 Å². The molecule has 0 spiro atoms. The highest BCUT2D eigenvalue weighted by Gasteiger charge is 2.27. The first-order valence-electron chi connectivity index (χ1n) is 6.25. The van der Waals surface area contributed by atoms with E-state index in [4.69, 9.17) is 10.5 Å². The van der Waals surface area contributed by atoms with Gasteiger partial charge < -0.3 is 15.4 Å². The molecule has 1 saturated carbocycles. The summed E-state index contributed by atoms with van der Waals surface area (Å²) in [5.74, 6) is 0.0382. The monoisotopic (exact) mass is 264 g/mol. The van der Waals surface area contributed by atoms with E-state index in [0.29, 0.717) is 12.6 Å². The zero-order valence-corrected chi connectivity index (χ0v) is 11.7. The van der Waals surface area contributed by atoms with Crippen molar-refractivity contribution in [3.8, 4) is 0 Å². The maximum absolute atomic E-state index is 12.1. The third-order valence-electron chi connectivity index (χ3n) is 3.30. The van der Waals surface area contributed by atoms with Crippen molar-refractivity contribution in [2.75, 3.05) is 20.3 Å². The number of carbonyl (C=O) groups is 1. The van der Waals surface area contributed by atoms with Crippen LogP contribution in [0.15, 0.2) is 0 Å². The Morgan fingerprint density at radius 2 is 2.00 bits per heavy atom. The molecular formula is C12H25ClN2O2. The molecule has 1 rings (SSSR count). The summed E-state index contributed by atoms with van der Waals surface area (Å²) in [6, 6.07) is -0.110. The fourth-order valence-electron chi connectivity index (χ4n) is 2.45. The van der Waals surface area contributed by atoms with Crippen molar-refractivity contribution < 1.29 is 9.53 Å². The fourth-order valence-corrected chi connectivity index (χ4v) is 2.45. The molecule has 0 aromatic heterocycles. The predicted molar refractivity (Wildman–Crippen MR) is 71.4 cm³/mol. The predicted octanol–water partition coefficient (Wildman–Crippen LogP) is 1.56. The van der Waals surface area contributed by atoms with E-state index in [2.05, 4.69) is 0 Å². The lowest BCUT2D eigenvalue weighted by Crippen LogP contribution is -2.50. The van der Waals surface area contributed by atoms with Gasteiger partial charge >= 0.3 is 0 Å². The number of carbonyl (C=O) groups excluding carboxylic acids is 1. The number of ether oxygens (including phenoxy) is 1. The van der Waals surface area contributed by atoms with Crippen LogP contribution in [0.5, 0.6) is 0 Å². The Hall–Kier alpha value is -0.320. The first kappa shape index (κ1) is 16.7. The van der Waals surface area contributed by atoms with Crippen molar-refractivity contribution in [1.29, 1.82) is 0 Å². The summed E-state index contributed by atoms with van der Waals surface area (Å²) in [5, 5.41) is 0. The number of likely N-dealkylation sites (N-methyl/N-ethyl adjacent to an activating group) is 1. The summed E-state index contributed by atoms with van der Waals surface area (Å²) < 4.78 is 4.93. The molecule has 1 atom stereocenters. The molecule has 0 bridgehead atoms. The summed E-state index contributed by atoms with van der Waals surface area (Å²) in [6.45, 7) is 3.08. The van der Waals surface area contributed by atoms with E-state index in [1.165, 1.54) is 19.3 Å². The Morgan fingerprint density at radius 1 is 1.41 bits per heavy atom. The van der Waals surface area contributed by atoms with Crippen molar-refractivity contribution in [2.24, 2.45) is 5.73 Å². The van der Waals surface area contributed by atoms with Crippen molar-refractivity contribution in [2.45, 2.75) is 51.1 Å². The van der Waals surface area contributed by atoms with Crippen LogP contribution in [0.2, 0.25) is 0 Å². The normalized spacial score (nSPS) is 18.3. The third kappa shape index (κ3) is 4.82. The second-order valence-corrected chi connectivity index (χ2v) is 4.48. The van der Waals surface area contributed by atoms with Crippen LogP contribution >= 0.6 is 12.4 Å². The lowest BCUT2D eigenvalue weighted by Gasteiger charge is -2.35. The van der Waals surface area contributed by atoms with Crippen molar-refractivity contribution in [3.05, 3.63) is 0 Å². The second kappa shape index (κ2) is 8.72. The average molecular weight is 265 g/mol. The smallest absolute Gasteiger partial charge is 0.242 e. The van der Waals surface area contributed by atoms with E-state index >= 15 is 0 Å². The number of rotatable bonds is 5. The van der Waals surface area contributed by atoms with Gasteiger partial charge in [0.05, 0.1) is 6.61 Å². The van der Waals surface area contributed by atoms with Crippen LogP contribution in [0.4, 0.5) is 0 Å². The Bertz CT molecular complexity index is 221. The SMILES string of the molecule is CCN(C(=O)C(N)COC)C1CCCCC1.Cl. The van der Waals surface area contributed by atoms with Gasteiger partial charge in [-0.05, 0) is 19.8 Å². The quantitative estimate of drug-likeness (QED) is 0.820. The van der Waals surface area contributed by atoms with Crippen LogP contribution in [0.25, 0.3) is 0 Å². The molecule has 0 heterocycles. The zero-order chi connectivity index (χ0) is 12.0. The molecule has 1 unspecified atom stereocenters. The van der Waals surface area contributed by atoms with E-state index < -0.39 is 6.04 Å². The van der Waals surface area contributed by atoms with Gasteiger partial charge in [-0.15, -0.1) is 12.4 Å². The van der Waals surface area contributed by atoms with Crippen LogP contribution in [-0.4, -0.2) is 43.2 Å². The Kier molecular flexibility index (Phi) is 8.56. The molecule has 5 heteroatoms. The summed E-state index contributed by atoms with van der Waals surface area (Å²) >= 11 is 0. The van der Waals surface area contributed by atoms with E-state index in [1.54, 1.807) is 7.11 Å². The molecule has 4 nitrogen and oxygen atoms in total. The van der Waals surface area contributed by atoms with Crippen LogP contribution in [0, 0.1) is 0 Å². The number of hydrogen-bond acceptors (Lipinski definition) is 3. The number of amides is 1. The maximum Gasteiger partial charge on any atom is 0.242 e. The van der Waals surface area contributed by atoms with Gasteiger partial charge in [-0.1, -0.05) is 19.3 Å². The highest BCUT2D eigenvalue weighted by molar-refractivity contribution is 5.85. The van der Waals surface area contributed by atoms with Crippen molar-refractivity contribution in [3.63, 3.8) is 0 Å². The molecule has 1 amide bonds. The lowest BCUT2D eigenvalue weighted by atomic mass is 9.94. The minimum Gasteiger partial charge on any atom is -0.383 e. The fraction of sp³-hybridized carbons (Fsp3) is 0.917. The van der Waals surface area contributed by atoms with Gasteiger partial charge in [0.1, 0.15) is 6.04 Å². The molecule has 2 N–H and O–H groups in total. The molecule has 0 aliphatic heterocycles. The van der Waals surface area contributed by atoms with Gasteiger partial charge in [-0.2, -0.15) is 0 Å². The summed E-state index contributed by atoms with van der Waals surface area (Å²) in [6.07, 6.45) is 6.01. The molecule has 1 aliphatic carbocycles. The first-order valence-corrected chi connectivity index (χ1v) is 6.25. The third-order valence-corrected chi connectivity index (χ3v) is 3.30.